The van der Waals surface area contributed by atoms with E-state index in [0.29, 0.717) is 23.8 Å². The van der Waals surface area contributed by atoms with Crippen LogP contribution in [0.1, 0.15) is 16.7 Å². The molecule has 0 bridgehead atoms. The summed E-state index contributed by atoms with van der Waals surface area (Å²) in [6, 6.07) is 10.1. The predicted octanol–water partition coefficient (Wildman–Crippen LogP) is 4.83. The maximum atomic E-state index is 5.45. The molecule has 0 aliphatic carbocycles. The van der Waals surface area contributed by atoms with Gasteiger partial charge >= 0.3 is 0 Å². The van der Waals surface area contributed by atoms with E-state index >= 15 is 0 Å². The molecule has 0 amide bonds. The van der Waals surface area contributed by atoms with Crippen molar-refractivity contribution < 1.29 is 14.2 Å². The summed E-state index contributed by atoms with van der Waals surface area (Å²) in [4.78, 5) is 5.39. The Balaban J connectivity index is 2.11. The summed E-state index contributed by atoms with van der Waals surface area (Å²) in [5, 5.41) is 6.81. The lowest BCUT2D eigenvalue weighted by atomic mass is 10.1. The van der Waals surface area contributed by atoms with Gasteiger partial charge in [-0.05, 0) is 43.2 Å². The average Bonchev–Trinajstić information content (AvgIpc) is 3.19. The molecule has 0 radical (unpaired) electrons. The van der Waals surface area contributed by atoms with Crippen LogP contribution in [0.5, 0.6) is 17.2 Å². The van der Waals surface area contributed by atoms with Crippen molar-refractivity contribution >= 4 is 17.6 Å². The smallest absolute Gasteiger partial charge is 0.206 e. The zero-order valence-corrected chi connectivity index (χ0v) is 19.3. The largest absolute Gasteiger partial charge is 0.493 e. The molecule has 1 aromatic heterocycles. The van der Waals surface area contributed by atoms with E-state index in [9.17, 15) is 0 Å². The Kier molecular flexibility index (Phi) is 7.31. The normalized spacial score (nSPS) is 11.7. The maximum absolute atomic E-state index is 5.45. The van der Waals surface area contributed by atoms with Crippen molar-refractivity contribution in [3.63, 3.8) is 0 Å². The van der Waals surface area contributed by atoms with E-state index in [1.165, 1.54) is 11.1 Å². The molecule has 6 nitrogen and oxygen atoms in total. The topological polar surface area (TPSA) is 57.3 Å². The third-order valence-corrected chi connectivity index (χ3v) is 5.71. The van der Waals surface area contributed by atoms with E-state index in [0.717, 1.165) is 21.6 Å². The van der Waals surface area contributed by atoms with Crippen LogP contribution in [0.4, 0.5) is 0 Å². The predicted molar refractivity (Wildman–Crippen MR) is 127 cm³/mol. The molecule has 3 rings (SSSR count). The standard InChI is InChI=1S/C24H27N3O3S/c1-7-10-25-24-27(20(15-31-24)19-9-8-16(2)17(3)11-19)26-14-18-12-21(28-4)23(30-6)22(13-18)29-5/h7-9,11-15H,1,10H2,2-6H3. The van der Waals surface area contributed by atoms with Crippen molar-refractivity contribution in [2.45, 2.75) is 13.8 Å². The Morgan fingerprint density at radius 2 is 1.71 bits per heavy atom. The van der Waals surface area contributed by atoms with Gasteiger partial charge in [-0.1, -0.05) is 18.2 Å². The monoisotopic (exact) mass is 437 g/mol. The fraction of sp³-hybridized carbons (Fsp3) is 0.250. The van der Waals surface area contributed by atoms with Crippen molar-refractivity contribution in [1.29, 1.82) is 0 Å². The van der Waals surface area contributed by atoms with Gasteiger partial charge in [-0.2, -0.15) is 5.10 Å². The second kappa shape index (κ2) is 10.1. The van der Waals surface area contributed by atoms with Gasteiger partial charge in [-0.15, -0.1) is 17.9 Å². The third kappa shape index (κ3) is 4.88. The van der Waals surface area contributed by atoms with Crippen molar-refractivity contribution in [2.24, 2.45) is 10.1 Å². The van der Waals surface area contributed by atoms with Gasteiger partial charge in [0.25, 0.3) is 0 Å². The van der Waals surface area contributed by atoms with E-state index < -0.39 is 0 Å². The summed E-state index contributed by atoms with van der Waals surface area (Å²) in [6.45, 7) is 8.50. The quantitative estimate of drug-likeness (QED) is 0.375. The van der Waals surface area contributed by atoms with Crippen LogP contribution >= 0.6 is 11.3 Å². The highest BCUT2D eigenvalue weighted by Crippen LogP contribution is 2.37. The first kappa shape index (κ1) is 22.4. The molecule has 2 aromatic carbocycles. The van der Waals surface area contributed by atoms with Gasteiger partial charge in [-0.25, -0.2) is 4.68 Å². The van der Waals surface area contributed by atoms with E-state index in [2.05, 4.69) is 49.0 Å². The number of methoxy groups -OCH3 is 3. The highest BCUT2D eigenvalue weighted by Gasteiger charge is 2.13. The maximum Gasteiger partial charge on any atom is 0.206 e. The number of benzene rings is 2. The summed E-state index contributed by atoms with van der Waals surface area (Å²) >= 11 is 1.54. The summed E-state index contributed by atoms with van der Waals surface area (Å²) < 4.78 is 18.2. The zero-order valence-electron chi connectivity index (χ0n) is 18.5. The molecule has 0 aliphatic rings. The minimum Gasteiger partial charge on any atom is -0.493 e. The summed E-state index contributed by atoms with van der Waals surface area (Å²) in [5.41, 5.74) is 5.35. The Morgan fingerprint density at radius 1 is 1.00 bits per heavy atom. The Hall–Kier alpha value is -3.32. The van der Waals surface area contributed by atoms with E-state index in [-0.39, 0.29) is 0 Å². The molecule has 0 saturated carbocycles. The van der Waals surface area contributed by atoms with E-state index in [4.69, 9.17) is 19.3 Å². The summed E-state index contributed by atoms with van der Waals surface area (Å²) in [7, 11) is 4.77. The number of aromatic nitrogens is 1. The Morgan fingerprint density at radius 3 is 2.29 bits per heavy atom. The van der Waals surface area contributed by atoms with Crippen LogP contribution in [0.3, 0.4) is 0 Å². The molecule has 0 unspecified atom stereocenters. The molecule has 0 atom stereocenters. The number of ether oxygens (including phenoxy) is 3. The summed E-state index contributed by atoms with van der Waals surface area (Å²) in [6.07, 6.45) is 3.53. The van der Waals surface area contributed by atoms with Gasteiger partial charge in [0.05, 0.1) is 39.8 Å². The fourth-order valence-electron chi connectivity index (χ4n) is 3.06. The first-order chi connectivity index (χ1) is 15.0. The van der Waals surface area contributed by atoms with Crippen LogP contribution in [0.15, 0.2) is 58.5 Å². The molecule has 0 aliphatic heterocycles. The van der Waals surface area contributed by atoms with Crippen LogP contribution in [-0.4, -0.2) is 38.8 Å². The molecule has 0 spiro atoms. The lowest BCUT2D eigenvalue weighted by Crippen LogP contribution is -2.12. The van der Waals surface area contributed by atoms with Crippen LogP contribution in [0, 0.1) is 13.8 Å². The lowest BCUT2D eigenvalue weighted by Gasteiger charge is -2.12. The molecule has 31 heavy (non-hydrogen) atoms. The second-order valence-corrected chi connectivity index (χ2v) is 7.68. The van der Waals surface area contributed by atoms with Crippen molar-refractivity contribution in [3.05, 3.63) is 69.9 Å². The number of hydrogen-bond acceptors (Lipinski definition) is 6. The molecule has 7 heteroatoms. The first-order valence-electron chi connectivity index (χ1n) is 9.76. The number of rotatable bonds is 8. The van der Waals surface area contributed by atoms with Gasteiger partial charge in [0, 0.05) is 16.5 Å². The molecule has 3 aromatic rings. The van der Waals surface area contributed by atoms with Crippen LogP contribution in [0.25, 0.3) is 11.3 Å². The first-order valence-corrected chi connectivity index (χ1v) is 10.6. The second-order valence-electron chi connectivity index (χ2n) is 6.85. The number of aryl methyl sites for hydroxylation is 2. The zero-order chi connectivity index (χ0) is 22.4. The molecule has 0 N–H and O–H groups in total. The van der Waals surface area contributed by atoms with Crippen LogP contribution in [0.2, 0.25) is 0 Å². The van der Waals surface area contributed by atoms with Gasteiger partial charge in [-0.3, -0.25) is 4.99 Å². The van der Waals surface area contributed by atoms with Crippen molar-refractivity contribution in [2.75, 3.05) is 27.9 Å². The van der Waals surface area contributed by atoms with Crippen molar-refractivity contribution in [1.82, 2.24) is 4.68 Å². The third-order valence-electron chi connectivity index (χ3n) is 4.85. The lowest BCUT2D eigenvalue weighted by molar-refractivity contribution is 0.324. The minimum atomic E-state index is 0.520. The van der Waals surface area contributed by atoms with Crippen LogP contribution in [-0.2, 0) is 0 Å². The van der Waals surface area contributed by atoms with Gasteiger partial charge in [0.15, 0.2) is 11.5 Å². The SMILES string of the molecule is C=CCN=c1scc(-c2ccc(C)c(C)c2)n1N=Cc1cc(OC)c(OC)c(OC)c1. The number of hydrogen-bond donors (Lipinski definition) is 0. The van der Waals surface area contributed by atoms with Crippen LogP contribution < -0.4 is 19.0 Å². The van der Waals surface area contributed by atoms with E-state index in [1.807, 2.05) is 16.8 Å². The Bertz CT molecular complexity index is 1150. The minimum absolute atomic E-state index is 0.520. The molecule has 0 saturated heterocycles. The summed E-state index contributed by atoms with van der Waals surface area (Å²) in [5.74, 6) is 1.69. The molecular formula is C24H27N3O3S. The Labute approximate surface area is 186 Å². The van der Waals surface area contributed by atoms with Crippen molar-refractivity contribution in [3.8, 4) is 28.5 Å². The molecule has 0 fully saturated rings. The van der Waals surface area contributed by atoms with E-state index in [1.54, 1.807) is 45.0 Å². The number of thiazole rings is 1. The van der Waals surface area contributed by atoms with Gasteiger partial charge < -0.3 is 14.2 Å². The average molecular weight is 438 g/mol. The molecule has 162 valence electrons. The van der Waals surface area contributed by atoms with Gasteiger partial charge in [0.2, 0.25) is 10.6 Å². The molecule has 1 heterocycles. The van der Waals surface area contributed by atoms with Gasteiger partial charge in [0.1, 0.15) is 0 Å². The fourth-order valence-corrected chi connectivity index (χ4v) is 3.91. The number of nitrogens with zero attached hydrogens (tertiary/aromatic N) is 3. The highest BCUT2D eigenvalue weighted by atomic mass is 32.1. The highest BCUT2D eigenvalue weighted by molar-refractivity contribution is 7.07. The molecular weight excluding hydrogens is 410 g/mol.